The van der Waals surface area contributed by atoms with Crippen molar-refractivity contribution in [2.75, 3.05) is 13.6 Å². The monoisotopic (exact) mass is 287 g/mol. The van der Waals surface area contributed by atoms with E-state index >= 15 is 0 Å². The van der Waals surface area contributed by atoms with Gasteiger partial charge in [0.2, 0.25) is 0 Å². The fourth-order valence-corrected chi connectivity index (χ4v) is 2.03. The van der Waals surface area contributed by atoms with Crippen molar-refractivity contribution in [1.82, 2.24) is 4.90 Å². The van der Waals surface area contributed by atoms with Crippen molar-refractivity contribution in [3.8, 4) is 0 Å². The lowest BCUT2D eigenvalue weighted by Crippen LogP contribution is -2.26. The van der Waals surface area contributed by atoms with E-state index in [4.69, 9.17) is 11.6 Å². The summed E-state index contributed by atoms with van der Waals surface area (Å²) in [6, 6.07) is 5.13. The third-order valence-corrected chi connectivity index (χ3v) is 2.54. The number of rotatable bonds is 3. The molecule has 0 radical (unpaired) electrons. The standard InChI is InChI=1S/C11H11BrClNO/c1-3-4-14(2)11(15)8-5-9(12)7-10(13)6-8/h3,5-7H,1,4H2,2H3. The van der Waals surface area contributed by atoms with E-state index in [-0.39, 0.29) is 5.91 Å². The molecular formula is C11H11BrClNO. The first-order valence-corrected chi connectivity index (χ1v) is 5.54. The second-order valence-electron chi connectivity index (χ2n) is 3.13. The van der Waals surface area contributed by atoms with Crippen molar-refractivity contribution in [3.05, 3.63) is 45.9 Å². The van der Waals surface area contributed by atoms with Crippen LogP contribution in [0, 0.1) is 0 Å². The summed E-state index contributed by atoms with van der Waals surface area (Å²) in [7, 11) is 1.72. The summed E-state index contributed by atoms with van der Waals surface area (Å²) in [5.74, 6) is -0.0712. The summed E-state index contributed by atoms with van der Waals surface area (Å²) in [5, 5.41) is 0.541. The van der Waals surface area contributed by atoms with Crippen molar-refractivity contribution in [3.63, 3.8) is 0 Å². The summed E-state index contributed by atoms with van der Waals surface area (Å²) >= 11 is 9.15. The van der Waals surface area contributed by atoms with Gasteiger partial charge in [-0.3, -0.25) is 4.79 Å². The predicted octanol–water partition coefficient (Wildman–Crippen LogP) is 3.36. The number of carbonyl (C=O) groups excluding carboxylic acids is 1. The van der Waals surface area contributed by atoms with Crippen molar-refractivity contribution in [1.29, 1.82) is 0 Å². The number of likely N-dealkylation sites (N-methyl/N-ethyl adjacent to an activating group) is 1. The molecule has 0 aliphatic rings. The quantitative estimate of drug-likeness (QED) is 0.781. The molecule has 1 aromatic carbocycles. The maximum absolute atomic E-state index is 11.8. The minimum absolute atomic E-state index is 0.0712. The predicted molar refractivity (Wildman–Crippen MR) is 66.3 cm³/mol. The zero-order chi connectivity index (χ0) is 11.4. The highest BCUT2D eigenvalue weighted by Gasteiger charge is 2.11. The van der Waals surface area contributed by atoms with Crippen molar-refractivity contribution >= 4 is 33.4 Å². The summed E-state index contributed by atoms with van der Waals surface area (Å²) in [5.41, 5.74) is 0.568. The first kappa shape index (κ1) is 12.3. The van der Waals surface area contributed by atoms with Gasteiger partial charge in [-0.05, 0) is 18.2 Å². The Morgan fingerprint density at radius 3 is 2.80 bits per heavy atom. The topological polar surface area (TPSA) is 20.3 Å². The van der Waals surface area contributed by atoms with E-state index in [9.17, 15) is 4.79 Å². The molecule has 2 nitrogen and oxygen atoms in total. The molecule has 0 aromatic heterocycles. The van der Waals surface area contributed by atoms with Crippen LogP contribution >= 0.6 is 27.5 Å². The molecule has 0 saturated carbocycles. The largest absolute Gasteiger partial charge is 0.338 e. The Balaban J connectivity index is 2.95. The molecule has 0 spiro atoms. The molecule has 0 atom stereocenters. The highest BCUT2D eigenvalue weighted by atomic mass is 79.9. The van der Waals surface area contributed by atoms with Crippen LogP contribution in [0.15, 0.2) is 35.3 Å². The average Bonchev–Trinajstić information content (AvgIpc) is 2.15. The molecule has 15 heavy (non-hydrogen) atoms. The number of hydrogen-bond donors (Lipinski definition) is 0. The van der Waals surface area contributed by atoms with Gasteiger partial charge in [-0.15, -0.1) is 6.58 Å². The van der Waals surface area contributed by atoms with Gasteiger partial charge in [0.25, 0.3) is 5.91 Å². The van der Waals surface area contributed by atoms with E-state index in [0.717, 1.165) is 4.47 Å². The maximum atomic E-state index is 11.8. The first-order valence-electron chi connectivity index (χ1n) is 4.37. The molecule has 0 saturated heterocycles. The summed E-state index contributed by atoms with van der Waals surface area (Å²) < 4.78 is 0.797. The Labute approximate surface area is 103 Å². The van der Waals surface area contributed by atoms with Gasteiger partial charge in [0, 0.05) is 28.7 Å². The van der Waals surface area contributed by atoms with Gasteiger partial charge in [0.05, 0.1) is 0 Å². The first-order chi connectivity index (χ1) is 7.04. The molecule has 0 bridgehead atoms. The molecule has 0 fully saturated rings. The molecule has 0 unspecified atom stereocenters. The smallest absolute Gasteiger partial charge is 0.253 e. The van der Waals surface area contributed by atoms with E-state index in [1.54, 1.807) is 36.2 Å². The van der Waals surface area contributed by atoms with Crippen molar-refractivity contribution in [2.24, 2.45) is 0 Å². The molecule has 0 N–H and O–H groups in total. The van der Waals surface area contributed by atoms with Gasteiger partial charge in [0.15, 0.2) is 0 Å². The van der Waals surface area contributed by atoms with Gasteiger partial charge in [0.1, 0.15) is 0 Å². The van der Waals surface area contributed by atoms with E-state index in [0.29, 0.717) is 17.1 Å². The van der Waals surface area contributed by atoms with E-state index in [1.807, 2.05) is 0 Å². The van der Waals surface area contributed by atoms with Gasteiger partial charge in [-0.25, -0.2) is 0 Å². The fourth-order valence-electron chi connectivity index (χ4n) is 1.17. The molecule has 0 aliphatic carbocycles. The minimum atomic E-state index is -0.0712. The van der Waals surface area contributed by atoms with Gasteiger partial charge >= 0.3 is 0 Å². The Morgan fingerprint density at radius 1 is 1.60 bits per heavy atom. The number of nitrogens with zero attached hydrogens (tertiary/aromatic N) is 1. The Morgan fingerprint density at radius 2 is 2.27 bits per heavy atom. The second-order valence-corrected chi connectivity index (χ2v) is 4.48. The summed E-state index contributed by atoms with van der Waals surface area (Å²) in [6.07, 6.45) is 1.68. The summed E-state index contributed by atoms with van der Waals surface area (Å²) in [4.78, 5) is 13.4. The number of benzene rings is 1. The van der Waals surface area contributed by atoms with Crippen molar-refractivity contribution in [2.45, 2.75) is 0 Å². The molecule has 1 rings (SSSR count). The highest BCUT2D eigenvalue weighted by Crippen LogP contribution is 2.20. The number of amides is 1. The van der Waals surface area contributed by atoms with Crippen LogP contribution in [0.3, 0.4) is 0 Å². The molecule has 1 amide bonds. The second kappa shape index (κ2) is 5.33. The minimum Gasteiger partial charge on any atom is -0.338 e. The zero-order valence-corrected chi connectivity index (χ0v) is 10.7. The van der Waals surface area contributed by atoms with E-state index in [2.05, 4.69) is 22.5 Å². The van der Waals surface area contributed by atoms with Crippen LogP contribution < -0.4 is 0 Å². The highest BCUT2D eigenvalue weighted by molar-refractivity contribution is 9.10. The molecule has 4 heteroatoms. The number of halogens is 2. The number of carbonyl (C=O) groups is 1. The van der Waals surface area contributed by atoms with Crippen LogP contribution in [-0.2, 0) is 0 Å². The normalized spacial score (nSPS) is 9.80. The van der Waals surface area contributed by atoms with Crippen molar-refractivity contribution < 1.29 is 4.79 Å². The lowest BCUT2D eigenvalue weighted by molar-refractivity contribution is 0.0810. The van der Waals surface area contributed by atoms with Crippen LogP contribution in [0.2, 0.25) is 5.02 Å². The van der Waals surface area contributed by atoms with Crippen LogP contribution in [0.5, 0.6) is 0 Å². The molecule has 80 valence electrons. The Bertz CT molecular complexity index is 372. The zero-order valence-electron chi connectivity index (χ0n) is 8.34. The third kappa shape index (κ3) is 3.36. The Kier molecular flexibility index (Phi) is 4.36. The van der Waals surface area contributed by atoms with Gasteiger partial charge in [-0.1, -0.05) is 33.6 Å². The van der Waals surface area contributed by atoms with Crippen LogP contribution in [-0.4, -0.2) is 24.4 Å². The molecule has 1 aromatic rings. The van der Waals surface area contributed by atoms with E-state index in [1.165, 1.54) is 0 Å². The fraction of sp³-hybridized carbons (Fsp3) is 0.182. The van der Waals surface area contributed by atoms with E-state index < -0.39 is 0 Å². The molecule has 0 aliphatic heterocycles. The average molecular weight is 289 g/mol. The van der Waals surface area contributed by atoms with Crippen LogP contribution in [0.25, 0.3) is 0 Å². The van der Waals surface area contributed by atoms with Crippen LogP contribution in [0.1, 0.15) is 10.4 Å². The van der Waals surface area contributed by atoms with Gasteiger partial charge in [-0.2, -0.15) is 0 Å². The number of hydrogen-bond acceptors (Lipinski definition) is 1. The lowest BCUT2D eigenvalue weighted by atomic mass is 10.2. The molecular weight excluding hydrogens is 277 g/mol. The third-order valence-electron chi connectivity index (χ3n) is 1.86. The van der Waals surface area contributed by atoms with Crippen LogP contribution in [0.4, 0.5) is 0 Å². The SMILES string of the molecule is C=CCN(C)C(=O)c1cc(Cl)cc(Br)c1. The molecule has 0 heterocycles. The Hall–Kier alpha value is -0.800. The lowest BCUT2D eigenvalue weighted by Gasteiger charge is -2.15. The maximum Gasteiger partial charge on any atom is 0.253 e. The van der Waals surface area contributed by atoms with Gasteiger partial charge < -0.3 is 4.90 Å². The summed E-state index contributed by atoms with van der Waals surface area (Å²) in [6.45, 7) is 4.10.